The summed E-state index contributed by atoms with van der Waals surface area (Å²) in [4.78, 5) is 33.0. The fourth-order valence-electron chi connectivity index (χ4n) is 0. The van der Waals surface area contributed by atoms with Crippen LogP contribution in [-0.2, 0) is 36.5 Å². The molecule has 0 saturated heterocycles. The third-order valence-corrected chi connectivity index (χ3v) is 0. The van der Waals surface area contributed by atoms with Gasteiger partial charge in [-0.3, -0.25) is 0 Å². The first-order chi connectivity index (χ1) is 6.93. The van der Waals surface area contributed by atoms with Crippen molar-refractivity contribution < 1.29 is 62.4 Å². The van der Waals surface area contributed by atoms with Crippen LogP contribution < -0.4 is 0 Å². The van der Waals surface area contributed by atoms with Crippen molar-refractivity contribution in [2.24, 2.45) is 0 Å². The van der Waals surface area contributed by atoms with Crippen LogP contribution in [0.1, 0.15) is 0 Å². The Morgan fingerprint density at radius 1 is 0.474 bits per heavy atom. The van der Waals surface area contributed by atoms with Gasteiger partial charge in [0.1, 0.15) is 0 Å². The smallest absolute Gasteiger partial charge is 0.412 e. The molecule has 0 spiro atoms. The molecule has 113 valence electrons. The van der Waals surface area contributed by atoms with E-state index in [-0.39, 0.29) is 42.0 Å². The summed E-state index contributed by atoms with van der Waals surface area (Å²) in [5.74, 6) is 0. The Balaban J connectivity index is -0.0000000192. The molecule has 0 heterocycles. The van der Waals surface area contributed by atoms with E-state index >= 15 is 0 Å². The van der Waals surface area contributed by atoms with Crippen LogP contribution in [0.4, 0.5) is 0 Å². The zero-order valence-corrected chi connectivity index (χ0v) is 12.1. The molecule has 0 aliphatic heterocycles. The van der Waals surface area contributed by atoms with Gasteiger partial charge in [0.2, 0.25) is 0 Å². The second kappa shape index (κ2) is 36.0. The molecular formula is H2CuN4O13Zn. The van der Waals surface area contributed by atoms with Crippen molar-refractivity contribution >= 4 is 0 Å². The summed E-state index contributed by atoms with van der Waals surface area (Å²) in [5.41, 5.74) is 0. The van der Waals surface area contributed by atoms with Crippen molar-refractivity contribution in [2.45, 2.75) is 0 Å². The van der Waals surface area contributed by atoms with E-state index < -0.39 is 20.3 Å². The van der Waals surface area contributed by atoms with Crippen LogP contribution in [0.3, 0.4) is 0 Å². The SMILES string of the molecule is O.O=[N+]([O-])[O-].O=[N+]([O-])[O-].O=[N+]([O-])[O-].O=[N+]([O-])[O-].[Cu+2].[Zn+2]. The van der Waals surface area contributed by atoms with E-state index in [2.05, 4.69) is 0 Å². The van der Waals surface area contributed by atoms with Gasteiger partial charge in [-0.2, -0.15) is 0 Å². The molecule has 0 aromatic rings. The van der Waals surface area contributed by atoms with E-state index in [9.17, 15) is 0 Å². The second-order valence-electron chi connectivity index (χ2n) is 0.894. The van der Waals surface area contributed by atoms with Crippen molar-refractivity contribution in [1.29, 1.82) is 0 Å². The molecule has 0 aromatic carbocycles. The van der Waals surface area contributed by atoms with E-state index in [1.165, 1.54) is 0 Å². The molecule has 17 nitrogen and oxygen atoms in total. The van der Waals surface area contributed by atoms with Crippen molar-refractivity contribution in [3.8, 4) is 0 Å². The van der Waals surface area contributed by atoms with E-state index in [1.807, 2.05) is 0 Å². The predicted octanol–water partition coefficient (Wildman–Crippen LogP) is -1.79. The van der Waals surface area contributed by atoms with Gasteiger partial charge in [0.05, 0.1) is 20.3 Å². The van der Waals surface area contributed by atoms with Crippen LogP contribution in [-0.4, -0.2) is 25.8 Å². The quantitative estimate of drug-likeness (QED) is 0.249. The fourth-order valence-corrected chi connectivity index (χ4v) is 0. The van der Waals surface area contributed by atoms with Gasteiger partial charge >= 0.3 is 36.5 Å². The Morgan fingerprint density at radius 3 is 0.474 bits per heavy atom. The molecule has 0 saturated carbocycles. The summed E-state index contributed by atoms with van der Waals surface area (Å²) in [6, 6.07) is 0. The molecule has 0 amide bonds. The summed E-state index contributed by atoms with van der Waals surface area (Å²) in [7, 11) is 0. The Labute approximate surface area is 124 Å². The Bertz CT molecular complexity index is 165. The summed E-state index contributed by atoms with van der Waals surface area (Å²) in [6.45, 7) is 0. The van der Waals surface area contributed by atoms with Gasteiger partial charge in [-0.05, 0) is 0 Å². The zero-order valence-electron chi connectivity index (χ0n) is 8.20. The number of nitrogens with zero attached hydrogens (tertiary/aromatic N) is 4. The van der Waals surface area contributed by atoms with Gasteiger partial charge in [-0.15, -0.1) is 0 Å². The average Bonchev–Trinajstić information content (AvgIpc) is 1.76. The van der Waals surface area contributed by atoms with Gasteiger partial charge in [0.25, 0.3) is 0 Å². The molecule has 0 aromatic heterocycles. The molecule has 0 unspecified atom stereocenters. The molecule has 1 radical (unpaired) electrons. The number of rotatable bonds is 0. The fraction of sp³-hybridized carbons (Fsp3) is 0. The first kappa shape index (κ1) is 43.6. The Morgan fingerprint density at radius 2 is 0.474 bits per heavy atom. The minimum absolute atomic E-state index is 0. The van der Waals surface area contributed by atoms with Crippen LogP contribution in [0.15, 0.2) is 0 Å². The predicted molar refractivity (Wildman–Crippen MR) is 45.1 cm³/mol. The van der Waals surface area contributed by atoms with Gasteiger partial charge in [0, 0.05) is 0 Å². The Hall–Kier alpha value is -2.10. The normalized spacial score (nSPS) is 5.05. The first-order valence-corrected chi connectivity index (χ1v) is 2.19. The molecule has 19 heavy (non-hydrogen) atoms. The Kier molecular flexibility index (Phi) is 82.6. The molecule has 0 fully saturated rings. The van der Waals surface area contributed by atoms with Crippen molar-refractivity contribution in [1.82, 2.24) is 0 Å². The van der Waals surface area contributed by atoms with Crippen LogP contribution in [0.2, 0.25) is 0 Å². The van der Waals surface area contributed by atoms with Crippen LogP contribution in [0.5, 0.6) is 0 Å². The maximum Gasteiger partial charge on any atom is 2.00 e. The first-order valence-electron chi connectivity index (χ1n) is 2.19. The topological polar surface area (TPSA) is 296 Å². The van der Waals surface area contributed by atoms with Crippen molar-refractivity contribution in [2.75, 3.05) is 0 Å². The molecular weight excluding hydrogens is 393 g/mol. The van der Waals surface area contributed by atoms with Crippen molar-refractivity contribution in [3.63, 3.8) is 0 Å². The van der Waals surface area contributed by atoms with Gasteiger partial charge in [-0.1, -0.05) is 0 Å². The van der Waals surface area contributed by atoms with Gasteiger partial charge in [0.15, 0.2) is 0 Å². The molecule has 0 aliphatic rings. The monoisotopic (exact) mass is 393 g/mol. The van der Waals surface area contributed by atoms with E-state index in [0.717, 1.165) is 0 Å². The van der Waals surface area contributed by atoms with Gasteiger partial charge < -0.3 is 66.8 Å². The third-order valence-electron chi connectivity index (χ3n) is 0. The summed E-state index contributed by atoms with van der Waals surface area (Å²) < 4.78 is 0. The molecule has 0 rings (SSSR count). The maximum atomic E-state index is 8.25. The van der Waals surface area contributed by atoms with E-state index in [4.69, 9.17) is 61.3 Å². The third kappa shape index (κ3) is 699. The number of hydrogen-bond donors (Lipinski definition) is 0. The van der Waals surface area contributed by atoms with Crippen molar-refractivity contribution in [3.05, 3.63) is 61.3 Å². The molecule has 0 aliphatic carbocycles. The minimum Gasteiger partial charge on any atom is -0.412 e. The van der Waals surface area contributed by atoms with Crippen LogP contribution >= 0.6 is 0 Å². The average molecular weight is 395 g/mol. The van der Waals surface area contributed by atoms with Crippen LogP contribution in [0.25, 0.3) is 0 Å². The zero-order chi connectivity index (χ0) is 14.3. The summed E-state index contributed by atoms with van der Waals surface area (Å²) >= 11 is 0. The van der Waals surface area contributed by atoms with Gasteiger partial charge in [-0.25, -0.2) is 0 Å². The molecule has 2 N–H and O–H groups in total. The van der Waals surface area contributed by atoms with Crippen LogP contribution in [0, 0.1) is 61.3 Å². The summed E-state index contributed by atoms with van der Waals surface area (Å²) in [6.07, 6.45) is 0. The van der Waals surface area contributed by atoms with E-state index in [0.29, 0.717) is 0 Å². The molecule has 19 heteroatoms. The molecule has 0 atom stereocenters. The molecule has 0 bridgehead atoms. The largest absolute Gasteiger partial charge is 2.00 e. The number of hydrogen-bond acceptors (Lipinski definition) is 12. The minimum atomic E-state index is -1.75. The maximum absolute atomic E-state index is 8.25. The summed E-state index contributed by atoms with van der Waals surface area (Å²) in [5, 5.41) is 59.0. The standard InChI is InChI=1S/Cu.4NO3.H2O.Zn/c;4*2-1(3)4;;/h;;;;;1H2;/q+2;4*-1;;+2. The van der Waals surface area contributed by atoms with E-state index in [1.54, 1.807) is 0 Å². The second-order valence-corrected chi connectivity index (χ2v) is 0.894.